The van der Waals surface area contributed by atoms with Gasteiger partial charge >= 0.3 is 11.9 Å². The highest BCUT2D eigenvalue weighted by atomic mass is 16.5. The molecule has 0 bridgehead atoms. The maximum Gasteiger partial charge on any atom is 0.307 e. The number of morpholine rings is 1. The summed E-state index contributed by atoms with van der Waals surface area (Å²) in [5, 5.41) is 19.7. The van der Waals surface area contributed by atoms with E-state index >= 15 is 0 Å². The van der Waals surface area contributed by atoms with E-state index in [0.717, 1.165) is 26.3 Å². The van der Waals surface area contributed by atoms with Crippen LogP contribution in [-0.4, -0.2) is 48.5 Å². The van der Waals surface area contributed by atoms with Gasteiger partial charge in [0, 0.05) is 13.1 Å². The Bertz CT molecular complexity index is 204. The minimum absolute atomic E-state index is 0.286. The van der Waals surface area contributed by atoms with E-state index in [1.807, 2.05) is 0 Å². The van der Waals surface area contributed by atoms with Crippen LogP contribution in [0.2, 0.25) is 0 Å². The van der Waals surface area contributed by atoms with E-state index in [-0.39, 0.29) is 6.42 Å². The van der Waals surface area contributed by atoms with Gasteiger partial charge in [-0.2, -0.15) is 0 Å². The predicted molar refractivity (Wildman–Crippen MR) is 57.4 cm³/mol. The van der Waals surface area contributed by atoms with Gasteiger partial charge < -0.3 is 20.3 Å². The fourth-order valence-corrected chi connectivity index (χ4v) is 1.13. The fourth-order valence-electron chi connectivity index (χ4n) is 1.13. The largest absolute Gasteiger partial charge is 0.481 e. The van der Waals surface area contributed by atoms with Crippen LogP contribution in [0, 0.1) is 5.92 Å². The number of ether oxygens (including phenoxy) is 1. The van der Waals surface area contributed by atoms with Crippen LogP contribution in [0.15, 0.2) is 0 Å². The van der Waals surface area contributed by atoms with Crippen molar-refractivity contribution in [2.45, 2.75) is 19.8 Å². The predicted octanol–water partition coefficient (Wildman–Crippen LogP) is 0.178. The number of aliphatic carboxylic acids is 2. The number of carboxylic acids is 2. The van der Waals surface area contributed by atoms with Crippen LogP contribution in [0.3, 0.4) is 0 Å². The van der Waals surface area contributed by atoms with Gasteiger partial charge in [0.05, 0.1) is 25.6 Å². The lowest BCUT2D eigenvalue weighted by molar-refractivity contribution is -0.148. The second-order valence-electron chi connectivity index (χ2n) is 3.40. The van der Waals surface area contributed by atoms with Gasteiger partial charge in [0.1, 0.15) is 0 Å². The third-order valence-corrected chi connectivity index (χ3v) is 2.11. The Morgan fingerprint density at radius 1 is 1.31 bits per heavy atom. The van der Waals surface area contributed by atoms with Crippen molar-refractivity contribution < 1.29 is 24.5 Å². The first-order chi connectivity index (χ1) is 7.57. The van der Waals surface area contributed by atoms with Crippen molar-refractivity contribution in [1.29, 1.82) is 0 Å². The zero-order valence-electron chi connectivity index (χ0n) is 9.44. The van der Waals surface area contributed by atoms with E-state index in [2.05, 4.69) is 5.32 Å². The second-order valence-corrected chi connectivity index (χ2v) is 3.40. The Labute approximate surface area is 94.6 Å². The molecule has 0 spiro atoms. The number of carboxylic acid groups (broad SMARTS) is 2. The monoisotopic (exact) mass is 233 g/mol. The first-order valence-electron chi connectivity index (χ1n) is 5.31. The van der Waals surface area contributed by atoms with Gasteiger partial charge in [-0.15, -0.1) is 0 Å². The average molecular weight is 233 g/mol. The lowest BCUT2D eigenvalue weighted by Gasteiger charge is -2.10. The standard InChI is InChI=1S/C6H10O4.C4H9NO/c1-2-4(6(9)10)3-5(7)8;1-3-6-4-2-5-1/h4H,2-3H2,1H3,(H,7,8)(H,9,10);5H,1-4H2. The molecule has 0 aromatic heterocycles. The summed E-state index contributed by atoms with van der Waals surface area (Å²) in [5.74, 6) is -2.84. The van der Waals surface area contributed by atoms with Gasteiger partial charge in [-0.1, -0.05) is 6.92 Å². The normalized spacial score (nSPS) is 16.8. The third-order valence-electron chi connectivity index (χ3n) is 2.11. The van der Waals surface area contributed by atoms with Crippen molar-refractivity contribution in [2.24, 2.45) is 5.92 Å². The highest BCUT2D eigenvalue weighted by Crippen LogP contribution is 2.07. The van der Waals surface area contributed by atoms with E-state index in [1.165, 1.54) is 0 Å². The molecule has 16 heavy (non-hydrogen) atoms. The average Bonchev–Trinajstić information content (AvgIpc) is 2.28. The minimum atomic E-state index is -1.06. The van der Waals surface area contributed by atoms with Crippen LogP contribution < -0.4 is 5.32 Å². The van der Waals surface area contributed by atoms with Crippen molar-refractivity contribution in [1.82, 2.24) is 5.32 Å². The van der Waals surface area contributed by atoms with Crippen LogP contribution in [0.1, 0.15) is 19.8 Å². The Morgan fingerprint density at radius 2 is 1.88 bits per heavy atom. The number of carbonyl (C=O) groups is 2. The summed E-state index contributed by atoms with van der Waals surface area (Å²) in [6.07, 6.45) is 0.0769. The Kier molecular flexibility index (Phi) is 8.46. The number of hydrogen-bond donors (Lipinski definition) is 3. The molecule has 6 heteroatoms. The Hall–Kier alpha value is -1.14. The summed E-state index contributed by atoms with van der Waals surface area (Å²) in [4.78, 5) is 20.2. The van der Waals surface area contributed by atoms with Crippen molar-refractivity contribution in [3.8, 4) is 0 Å². The van der Waals surface area contributed by atoms with Crippen LogP contribution in [0.5, 0.6) is 0 Å². The molecule has 0 amide bonds. The van der Waals surface area contributed by atoms with E-state index in [9.17, 15) is 9.59 Å². The third kappa shape index (κ3) is 8.19. The van der Waals surface area contributed by atoms with Gasteiger partial charge in [0.15, 0.2) is 0 Å². The molecule has 94 valence electrons. The summed E-state index contributed by atoms with van der Waals surface area (Å²) >= 11 is 0. The molecule has 1 unspecified atom stereocenters. The number of hydrogen-bond acceptors (Lipinski definition) is 4. The van der Waals surface area contributed by atoms with Crippen molar-refractivity contribution in [3.63, 3.8) is 0 Å². The van der Waals surface area contributed by atoms with Gasteiger partial charge in [-0.25, -0.2) is 0 Å². The molecule has 1 saturated heterocycles. The van der Waals surface area contributed by atoms with Crippen LogP contribution in [0.4, 0.5) is 0 Å². The Morgan fingerprint density at radius 3 is 2.00 bits per heavy atom. The van der Waals surface area contributed by atoms with Crippen LogP contribution in [0.25, 0.3) is 0 Å². The van der Waals surface area contributed by atoms with Gasteiger partial charge in [0.2, 0.25) is 0 Å². The fraction of sp³-hybridized carbons (Fsp3) is 0.800. The molecular weight excluding hydrogens is 214 g/mol. The number of nitrogens with one attached hydrogen (secondary N) is 1. The molecular formula is C10H19NO5. The smallest absolute Gasteiger partial charge is 0.307 e. The highest BCUT2D eigenvalue weighted by Gasteiger charge is 2.17. The molecule has 0 aromatic carbocycles. The molecule has 0 aliphatic carbocycles. The number of rotatable bonds is 4. The van der Waals surface area contributed by atoms with Crippen molar-refractivity contribution in [2.75, 3.05) is 26.3 Å². The topological polar surface area (TPSA) is 95.9 Å². The molecule has 1 aliphatic rings. The van der Waals surface area contributed by atoms with E-state index in [0.29, 0.717) is 6.42 Å². The van der Waals surface area contributed by atoms with Crippen LogP contribution in [-0.2, 0) is 14.3 Å². The molecule has 3 N–H and O–H groups in total. The first kappa shape index (κ1) is 14.9. The molecule has 1 heterocycles. The lowest BCUT2D eigenvalue weighted by Crippen LogP contribution is -2.30. The van der Waals surface area contributed by atoms with E-state index < -0.39 is 17.9 Å². The molecule has 0 radical (unpaired) electrons. The summed E-state index contributed by atoms with van der Waals surface area (Å²) in [6.45, 7) is 5.49. The Balaban J connectivity index is 0.000000315. The highest BCUT2D eigenvalue weighted by molar-refractivity contribution is 5.77. The van der Waals surface area contributed by atoms with Crippen molar-refractivity contribution in [3.05, 3.63) is 0 Å². The van der Waals surface area contributed by atoms with E-state index in [4.69, 9.17) is 14.9 Å². The summed E-state index contributed by atoms with van der Waals surface area (Å²) in [5.41, 5.74) is 0. The maximum absolute atomic E-state index is 10.2. The summed E-state index contributed by atoms with van der Waals surface area (Å²) in [6, 6.07) is 0. The van der Waals surface area contributed by atoms with Gasteiger partial charge in [-0.05, 0) is 6.42 Å². The molecule has 1 aliphatic heterocycles. The summed E-state index contributed by atoms with van der Waals surface area (Å²) < 4.78 is 5.01. The zero-order chi connectivity index (χ0) is 12.4. The maximum atomic E-state index is 10.2. The second kappa shape index (κ2) is 9.11. The quantitative estimate of drug-likeness (QED) is 0.641. The van der Waals surface area contributed by atoms with Gasteiger partial charge in [0.25, 0.3) is 0 Å². The molecule has 0 saturated carbocycles. The van der Waals surface area contributed by atoms with E-state index in [1.54, 1.807) is 6.92 Å². The molecule has 6 nitrogen and oxygen atoms in total. The first-order valence-corrected chi connectivity index (χ1v) is 5.31. The molecule has 1 fully saturated rings. The zero-order valence-corrected chi connectivity index (χ0v) is 9.44. The molecule has 1 atom stereocenters. The lowest BCUT2D eigenvalue weighted by atomic mass is 10.0. The molecule has 0 aromatic rings. The van der Waals surface area contributed by atoms with Crippen LogP contribution >= 0.6 is 0 Å². The SMILES string of the molecule is C1COCCN1.CCC(CC(=O)O)C(=O)O. The minimum Gasteiger partial charge on any atom is -0.481 e. The molecule has 1 rings (SSSR count). The summed E-state index contributed by atoms with van der Waals surface area (Å²) in [7, 11) is 0. The van der Waals surface area contributed by atoms with Gasteiger partial charge in [-0.3, -0.25) is 9.59 Å². The van der Waals surface area contributed by atoms with Crippen molar-refractivity contribution >= 4 is 11.9 Å².